The largest absolute Gasteiger partial charge is 0.493 e. The number of hydrogen-bond donors (Lipinski definition) is 1. The third-order valence-corrected chi connectivity index (χ3v) is 6.34. The Bertz CT molecular complexity index is 1440. The van der Waals surface area contributed by atoms with Gasteiger partial charge in [-0.1, -0.05) is 6.07 Å². The number of esters is 1. The highest BCUT2D eigenvalue weighted by atomic mass is 32.1. The van der Waals surface area contributed by atoms with Crippen molar-refractivity contribution in [3.63, 3.8) is 0 Å². The Kier molecular flexibility index (Phi) is 9.18. The van der Waals surface area contributed by atoms with Gasteiger partial charge in [0.1, 0.15) is 22.2 Å². The summed E-state index contributed by atoms with van der Waals surface area (Å²) < 4.78 is 16.1. The summed E-state index contributed by atoms with van der Waals surface area (Å²) in [5.74, 6) is -0.409. The van der Waals surface area contributed by atoms with Gasteiger partial charge in [0.25, 0.3) is 11.6 Å². The molecule has 0 spiro atoms. The fraction of sp³-hybridized carbons (Fsp3) is 0.222. The number of ether oxygens (including phenoxy) is 3. The smallest absolute Gasteiger partial charge is 0.341 e. The maximum atomic E-state index is 13.1. The summed E-state index contributed by atoms with van der Waals surface area (Å²) in [4.78, 5) is 37.2. The first-order valence-corrected chi connectivity index (χ1v) is 12.3. The Morgan fingerprint density at radius 3 is 2.42 bits per heavy atom. The molecular formula is C27H25N3O7S. The molecule has 3 rings (SSSR count). The lowest BCUT2D eigenvalue weighted by Crippen LogP contribution is -2.16. The molecule has 0 radical (unpaired) electrons. The van der Waals surface area contributed by atoms with E-state index in [0.29, 0.717) is 39.7 Å². The zero-order valence-corrected chi connectivity index (χ0v) is 22.0. The molecule has 0 saturated heterocycles. The molecular weight excluding hydrogens is 510 g/mol. The molecule has 0 unspecified atom stereocenters. The molecule has 0 aliphatic heterocycles. The van der Waals surface area contributed by atoms with E-state index in [2.05, 4.69) is 5.32 Å². The van der Waals surface area contributed by atoms with Gasteiger partial charge in [0.05, 0.1) is 25.2 Å². The van der Waals surface area contributed by atoms with Gasteiger partial charge in [-0.05, 0) is 62.2 Å². The number of carbonyl (C=O) groups is 2. The molecule has 10 nitrogen and oxygen atoms in total. The number of thiophene rings is 1. The average Bonchev–Trinajstić information content (AvgIpc) is 3.23. The van der Waals surface area contributed by atoms with E-state index < -0.39 is 16.8 Å². The number of carbonyl (C=O) groups excluding carboxylic acids is 2. The van der Waals surface area contributed by atoms with Gasteiger partial charge in [-0.3, -0.25) is 14.9 Å². The zero-order valence-electron chi connectivity index (χ0n) is 21.2. The second-order valence-corrected chi connectivity index (χ2v) is 8.95. The highest BCUT2D eigenvalue weighted by molar-refractivity contribution is 7.17. The van der Waals surface area contributed by atoms with Gasteiger partial charge < -0.3 is 19.5 Å². The van der Waals surface area contributed by atoms with Gasteiger partial charge in [0.15, 0.2) is 11.5 Å². The summed E-state index contributed by atoms with van der Waals surface area (Å²) in [5.41, 5.74) is 1.38. The van der Waals surface area contributed by atoms with Crippen LogP contribution in [0.3, 0.4) is 0 Å². The van der Waals surface area contributed by atoms with E-state index in [-0.39, 0.29) is 28.4 Å². The van der Waals surface area contributed by atoms with Gasteiger partial charge in [0, 0.05) is 22.6 Å². The second-order valence-electron chi connectivity index (χ2n) is 7.73. The van der Waals surface area contributed by atoms with E-state index in [1.54, 1.807) is 32.0 Å². The molecule has 0 aliphatic rings. The molecule has 0 bridgehead atoms. The number of nitro groups is 1. The Hall–Kier alpha value is -4.69. The molecule has 0 atom stereocenters. The summed E-state index contributed by atoms with van der Waals surface area (Å²) in [5, 5.41) is 23.6. The highest BCUT2D eigenvalue weighted by Crippen LogP contribution is 2.41. The van der Waals surface area contributed by atoms with Crippen LogP contribution in [0.25, 0.3) is 17.2 Å². The Balaban J connectivity index is 2.00. The maximum absolute atomic E-state index is 13.1. The third kappa shape index (κ3) is 6.16. The minimum absolute atomic E-state index is 0.0948. The lowest BCUT2D eigenvalue weighted by molar-refractivity contribution is -0.384. The lowest BCUT2D eigenvalue weighted by Gasteiger charge is -2.10. The van der Waals surface area contributed by atoms with Crippen molar-refractivity contribution < 1.29 is 28.7 Å². The summed E-state index contributed by atoms with van der Waals surface area (Å²) in [6, 6.07) is 12.6. The summed E-state index contributed by atoms with van der Waals surface area (Å²) in [7, 11) is 1.49. The van der Waals surface area contributed by atoms with Gasteiger partial charge >= 0.3 is 5.97 Å². The van der Waals surface area contributed by atoms with Gasteiger partial charge in [-0.25, -0.2) is 4.79 Å². The Morgan fingerprint density at radius 2 is 1.84 bits per heavy atom. The van der Waals surface area contributed by atoms with Crippen molar-refractivity contribution in [1.82, 2.24) is 0 Å². The van der Waals surface area contributed by atoms with E-state index in [1.807, 2.05) is 13.0 Å². The van der Waals surface area contributed by atoms with E-state index >= 15 is 0 Å². The van der Waals surface area contributed by atoms with Crippen molar-refractivity contribution in [2.75, 3.05) is 25.6 Å². The molecule has 1 aromatic heterocycles. The van der Waals surface area contributed by atoms with E-state index in [4.69, 9.17) is 14.2 Å². The van der Waals surface area contributed by atoms with Crippen molar-refractivity contribution in [3.05, 3.63) is 74.2 Å². The van der Waals surface area contributed by atoms with Crippen LogP contribution in [0.1, 0.15) is 34.6 Å². The van der Waals surface area contributed by atoms with Crippen molar-refractivity contribution in [2.24, 2.45) is 0 Å². The van der Waals surface area contributed by atoms with E-state index in [9.17, 15) is 25.0 Å². The summed E-state index contributed by atoms with van der Waals surface area (Å²) in [6.45, 7) is 5.80. The minimum atomic E-state index is -0.720. The average molecular weight is 536 g/mol. The zero-order chi connectivity index (χ0) is 27.8. The van der Waals surface area contributed by atoms with Crippen molar-refractivity contribution in [1.29, 1.82) is 5.26 Å². The van der Waals surface area contributed by atoms with Crippen LogP contribution >= 0.6 is 11.3 Å². The highest BCUT2D eigenvalue weighted by Gasteiger charge is 2.26. The number of nitrogens with zero attached hydrogens (tertiary/aromatic N) is 2. The number of hydrogen-bond acceptors (Lipinski definition) is 9. The number of amides is 1. The number of non-ortho nitro benzene ring substituents is 1. The van der Waals surface area contributed by atoms with Crippen LogP contribution in [0.2, 0.25) is 0 Å². The first-order chi connectivity index (χ1) is 18.2. The van der Waals surface area contributed by atoms with Gasteiger partial charge in [-0.15, -0.1) is 11.3 Å². The molecule has 2 aromatic carbocycles. The number of nitro benzene ring substituents is 1. The number of rotatable bonds is 10. The normalized spacial score (nSPS) is 10.9. The predicted octanol–water partition coefficient (Wildman–Crippen LogP) is 5.76. The number of anilines is 1. The van der Waals surface area contributed by atoms with E-state index in [0.717, 1.165) is 11.3 Å². The van der Waals surface area contributed by atoms with Crippen molar-refractivity contribution in [3.8, 4) is 28.7 Å². The first kappa shape index (κ1) is 27.9. The molecule has 0 aliphatic carbocycles. The SMILES string of the molecule is CCOC(=O)c1c(NC(=O)/C(C#N)=C/c2ccc(OCC)c(OC)c2)sc(C)c1-c1ccc([N+](=O)[O-])cc1. The van der Waals surface area contributed by atoms with Crippen LogP contribution in [0, 0.1) is 28.4 Å². The topological polar surface area (TPSA) is 141 Å². The molecule has 1 heterocycles. The number of nitrogens with one attached hydrogen (secondary N) is 1. The van der Waals surface area contributed by atoms with Crippen molar-refractivity contribution in [2.45, 2.75) is 20.8 Å². The first-order valence-electron chi connectivity index (χ1n) is 11.5. The van der Waals surface area contributed by atoms with Crippen LogP contribution in [-0.2, 0) is 9.53 Å². The summed E-state index contributed by atoms with van der Waals surface area (Å²) in [6.07, 6.45) is 1.40. The summed E-state index contributed by atoms with van der Waals surface area (Å²) >= 11 is 1.14. The Morgan fingerprint density at radius 1 is 1.13 bits per heavy atom. The Labute approximate surface area is 223 Å². The standard InChI is InChI=1S/C27H25N3O7S/c1-5-36-21-12-7-17(14-22(21)35-4)13-19(15-28)25(31)29-26-24(27(32)37-6-2)23(16(3)38-26)18-8-10-20(11-9-18)30(33)34/h7-14H,5-6H2,1-4H3,(H,29,31)/b19-13+. The molecule has 1 amide bonds. The monoisotopic (exact) mass is 535 g/mol. The number of aryl methyl sites for hydroxylation is 1. The van der Waals surface area contributed by atoms with Crippen LogP contribution in [0.15, 0.2) is 48.0 Å². The predicted molar refractivity (Wildman–Crippen MR) is 143 cm³/mol. The fourth-order valence-electron chi connectivity index (χ4n) is 3.66. The lowest BCUT2D eigenvalue weighted by atomic mass is 10.0. The molecule has 11 heteroatoms. The van der Waals surface area contributed by atoms with Gasteiger partial charge in [0.2, 0.25) is 0 Å². The third-order valence-electron chi connectivity index (χ3n) is 5.32. The molecule has 1 N–H and O–H groups in total. The van der Waals surface area contributed by atoms with Crippen LogP contribution in [0.4, 0.5) is 10.7 Å². The maximum Gasteiger partial charge on any atom is 0.341 e. The second kappa shape index (κ2) is 12.5. The molecule has 38 heavy (non-hydrogen) atoms. The van der Waals surface area contributed by atoms with Gasteiger partial charge in [-0.2, -0.15) is 5.26 Å². The molecule has 196 valence electrons. The molecule has 0 fully saturated rings. The van der Waals surface area contributed by atoms with E-state index in [1.165, 1.54) is 37.5 Å². The molecule has 0 saturated carbocycles. The molecule has 3 aromatic rings. The van der Waals surface area contributed by atoms with Crippen molar-refractivity contribution >= 4 is 40.0 Å². The number of methoxy groups -OCH3 is 1. The fourth-order valence-corrected chi connectivity index (χ4v) is 4.72. The number of benzene rings is 2. The van der Waals surface area contributed by atoms with Crippen LogP contribution < -0.4 is 14.8 Å². The quantitative estimate of drug-likeness (QED) is 0.114. The number of nitriles is 1. The van der Waals surface area contributed by atoms with Crippen LogP contribution in [0.5, 0.6) is 11.5 Å². The minimum Gasteiger partial charge on any atom is -0.493 e. The van der Waals surface area contributed by atoms with Crippen LogP contribution in [-0.4, -0.2) is 37.1 Å².